The summed E-state index contributed by atoms with van der Waals surface area (Å²) in [5.74, 6) is 0.547. The molecular weight excluding hydrogens is 308 g/mol. The summed E-state index contributed by atoms with van der Waals surface area (Å²) in [6, 6.07) is 13.0. The fourth-order valence-corrected chi connectivity index (χ4v) is 2.29. The summed E-state index contributed by atoms with van der Waals surface area (Å²) >= 11 is 3.47. The van der Waals surface area contributed by atoms with Gasteiger partial charge in [0.05, 0.1) is 5.56 Å². The number of hydrogen-bond donors (Lipinski definition) is 1. The number of benzene rings is 2. The third kappa shape index (κ3) is 2.24. The standard InChI is InChI=1S/C14H9BrN2O2/c15-11-4-2-1-3-10(11)14-17-12-7-9(16-8-18)5-6-13(12)19-14/h1-8H,(H,16,18). The van der Waals surface area contributed by atoms with E-state index in [0.29, 0.717) is 29.1 Å². The first-order valence-corrected chi connectivity index (χ1v) is 6.43. The number of hydrogen-bond acceptors (Lipinski definition) is 3. The maximum atomic E-state index is 10.4. The molecule has 0 aliphatic carbocycles. The third-order valence-corrected chi connectivity index (χ3v) is 3.41. The highest BCUT2D eigenvalue weighted by molar-refractivity contribution is 9.10. The number of carbonyl (C=O) groups is 1. The molecule has 1 N–H and O–H groups in total. The van der Waals surface area contributed by atoms with Gasteiger partial charge < -0.3 is 9.73 Å². The Bertz CT molecular complexity index is 752. The molecule has 5 heteroatoms. The van der Waals surface area contributed by atoms with Crippen molar-refractivity contribution in [3.63, 3.8) is 0 Å². The monoisotopic (exact) mass is 316 g/mol. The first-order chi connectivity index (χ1) is 9.28. The van der Waals surface area contributed by atoms with E-state index in [-0.39, 0.29) is 0 Å². The van der Waals surface area contributed by atoms with Crippen LogP contribution >= 0.6 is 15.9 Å². The molecule has 0 fully saturated rings. The minimum absolute atomic E-state index is 0.547. The van der Waals surface area contributed by atoms with Crippen LogP contribution in [0, 0.1) is 0 Å². The molecule has 1 aromatic heterocycles. The lowest BCUT2D eigenvalue weighted by atomic mass is 10.2. The molecule has 1 heterocycles. The first-order valence-electron chi connectivity index (χ1n) is 5.63. The number of nitrogens with one attached hydrogen (secondary N) is 1. The van der Waals surface area contributed by atoms with Crippen molar-refractivity contribution in [2.24, 2.45) is 0 Å². The fraction of sp³-hybridized carbons (Fsp3) is 0. The van der Waals surface area contributed by atoms with E-state index in [0.717, 1.165) is 10.0 Å². The van der Waals surface area contributed by atoms with Gasteiger partial charge in [0, 0.05) is 10.2 Å². The van der Waals surface area contributed by atoms with E-state index in [9.17, 15) is 4.79 Å². The van der Waals surface area contributed by atoms with Crippen LogP contribution < -0.4 is 5.32 Å². The van der Waals surface area contributed by atoms with Crippen LogP contribution in [0.15, 0.2) is 51.4 Å². The molecule has 3 aromatic rings. The van der Waals surface area contributed by atoms with Gasteiger partial charge in [0.2, 0.25) is 12.3 Å². The second-order valence-corrected chi connectivity index (χ2v) is 4.80. The zero-order chi connectivity index (χ0) is 13.2. The number of halogens is 1. The molecule has 19 heavy (non-hydrogen) atoms. The summed E-state index contributed by atoms with van der Waals surface area (Å²) in [4.78, 5) is 14.9. The maximum Gasteiger partial charge on any atom is 0.228 e. The Balaban J connectivity index is 2.11. The lowest BCUT2D eigenvalue weighted by molar-refractivity contribution is -0.105. The third-order valence-electron chi connectivity index (χ3n) is 2.72. The second kappa shape index (κ2) is 4.85. The topological polar surface area (TPSA) is 55.1 Å². The van der Waals surface area contributed by atoms with Crippen LogP contribution in [0.1, 0.15) is 0 Å². The Morgan fingerprint density at radius 1 is 1.21 bits per heavy atom. The van der Waals surface area contributed by atoms with E-state index >= 15 is 0 Å². The zero-order valence-corrected chi connectivity index (χ0v) is 11.3. The van der Waals surface area contributed by atoms with Gasteiger partial charge in [0.1, 0.15) is 5.52 Å². The number of fused-ring (bicyclic) bond motifs is 1. The summed E-state index contributed by atoms with van der Waals surface area (Å²) in [7, 11) is 0. The molecule has 3 rings (SSSR count). The zero-order valence-electron chi connectivity index (χ0n) is 9.76. The minimum Gasteiger partial charge on any atom is -0.436 e. The van der Waals surface area contributed by atoms with Gasteiger partial charge in [-0.3, -0.25) is 4.79 Å². The minimum atomic E-state index is 0.547. The normalized spacial score (nSPS) is 10.6. The van der Waals surface area contributed by atoms with Crippen LogP contribution in [-0.2, 0) is 4.79 Å². The van der Waals surface area contributed by atoms with Crippen molar-refractivity contribution in [1.29, 1.82) is 0 Å². The fourth-order valence-electron chi connectivity index (χ4n) is 1.84. The number of amides is 1. The van der Waals surface area contributed by atoms with Gasteiger partial charge in [-0.1, -0.05) is 12.1 Å². The molecule has 0 saturated heterocycles. The average molecular weight is 317 g/mol. The summed E-state index contributed by atoms with van der Waals surface area (Å²) in [6.45, 7) is 0. The number of aromatic nitrogens is 1. The highest BCUT2D eigenvalue weighted by atomic mass is 79.9. The molecule has 0 saturated carbocycles. The summed E-state index contributed by atoms with van der Waals surface area (Å²) in [5, 5.41) is 2.59. The lowest BCUT2D eigenvalue weighted by Crippen LogP contribution is -1.92. The summed E-state index contributed by atoms with van der Waals surface area (Å²) in [5.41, 5.74) is 2.97. The number of oxazole rings is 1. The second-order valence-electron chi connectivity index (χ2n) is 3.94. The number of rotatable bonds is 3. The molecule has 0 atom stereocenters. The lowest BCUT2D eigenvalue weighted by Gasteiger charge is -1.97. The van der Waals surface area contributed by atoms with Gasteiger partial charge in [-0.2, -0.15) is 0 Å². The van der Waals surface area contributed by atoms with E-state index in [2.05, 4.69) is 26.2 Å². The van der Waals surface area contributed by atoms with Crippen molar-refractivity contribution >= 4 is 39.1 Å². The van der Waals surface area contributed by atoms with Gasteiger partial charge in [-0.05, 0) is 46.3 Å². The van der Waals surface area contributed by atoms with Crippen LogP contribution in [0.2, 0.25) is 0 Å². The highest BCUT2D eigenvalue weighted by Crippen LogP contribution is 2.30. The molecular formula is C14H9BrN2O2. The molecule has 0 aliphatic rings. The van der Waals surface area contributed by atoms with Crippen LogP contribution in [0.4, 0.5) is 5.69 Å². The molecule has 0 unspecified atom stereocenters. The number of anilines is 1. The molecule has 0 bridgehead atoms. The van der Waals surface area contributed by atoms with Crippen molar-refractivity contribution in [2.75, 3.05) is 5.32 Å². The molecule has 1 amide bonds. The van der Waals surface area contributed by atoms with Crippen molar-refractivity contribution in [3.8, 4) is 11.5 Å². The number of carbonyl (C=O) groups excluding carboxylic acids is 1. The van der Waals surface area contributed by atoms with E-state index in [1.54, 1.807) is 18.2 Å². The van der Waals surface area contributed by atoms with Crippen LogP contribution in [0.5, 0.6) is 0 Å². The smallest absolute Gasteiger partial charge is 0.228 e. The predicted octanol–water partition coefficient (Wildman–Crippen LogP) is 3.83. The Kier molecular flexibility index (Phi) is 3.05. The maximum absolute atomic E-state index is 10.4. The Hall–Kier alpha value is -2.14. The summed E-state index contributed by atoms with van der Waals surface area (Å²) < 4.78 is 6.63. The largest absolute Gasteiger partial charge is 0.436 e. The van der Waals surface area contributed by atoms with Gasteiger partial charge in [-0.25, -0.2) is 4.98 Å². The van der Waals surface area contributed by atoms with Gasteiger partial charge in [0.15, 0.2) is 5.58 Å². The van der Waals surface area contributed by atoms with Gasteiger partial charge in [-0.15, -0.1) is 0 Å². The average Bonchev–Trinajstić information content (AvgIpc) is 2.82. The van der Waals surface area contributed by atoms with Gasteiger partial charge in [0.25, 0.3) is 0 Å². The Morgan fingerprint density at radius 2 is 2.05 bits per heavy atom. The molecule has 2 aromatic carbocycles. The predicted molar refractivity (Wildman–Crippen MR) is 76.8 cm³/mol. The molecule has 94 valence electrons. The first kappa shape index (κ1) is 11.9. The van der Waals surface area contributed by atoms with Crippen LogP contribution in [-0.4, -0.2) is 11.4 Å². The van der Waals surface area contributed by atoms with Crippen molar-refractivity contribution in [3.05, 3.63) is 46.9 Å². The SMILES string of the molecule is O=CNc1ccc2oc(-c3ccccc3Br)nc2c1. The van der Waals surface area contributed by atoms with E-state index in [1.165, 1.54) is 0 Å². The molecule has 0 aliphatic heterocycles. The number of nitrogens with zero attached hydrogens (tertiary/aromatic N) is 1. The van der Waals surface area contributed by atoms with Crippen LogP contribution in [0.25, 0.3) is 22.6 Å². The van der Waals surface area contributed by atoms with E-state index in [4.69, 9.17) is 4.42 Å². The quantitative estimate of drug-likeness (QED) is 0.747. The van der Waals surface area contributed by atoms with Crippen molar-refractivity contribution in [2.45, 2.75) is 0 Å². The molecule has 4 nitrogen and oxygen atoms in total. The highest BCUT2D eigenvalue weighted by Gasteiger charge is 2.11. The van der Waals surface area contributed by atoms with Crippen molar-refractivity contribution < 1.29 is 9.21 Å². The molecule has 0 spiro atoms. The van der Waals surface area contributed by atoms with Crippen molar-refractivity contribution in [1.82, 2.24) is 4.98 Å². The molecule has 0 radical (unpaired) electrons. The van der Waals surface area contributed by atoms with Crippen LogP contribution in [0.3, 0.4) is 0 Å². The summed E-state index contributed by atoms with van der Waals surface area (Å²) in [6.07, 6.45) is 0.635. The Labute approximate surface area is 117 Å². The van der Waals surface area contributed by atoms with E-state index < -0.39 is 0 Å². The van der Waals surface area contributed by atoms with Gasteiger partial charge >= 0.3 is 0 Å². The Morgan fingerprint density at radius 3 is 2.84 bits per heavy atom. The van der Waals surface area contributed by atoms with E-state index in [1.807, 2.05) is 24.3 Å².